The van der Waals surface area contributed by atoms with Crippen LogP contribution in [-0.2, 0) is 0 Å². The summed E-state index contributed by atoms with van der Waals surface area (Å²) in [6.45, 7) is 2.38. The zero-order valence-corrected chi connectivity index (χ0v) is 14.9. The fraction of sp³-hybridized carbons (Fsp3) is 0.350. The van der Waals surface area contributed by atoms with Gasteiger partial charge in [0.1, 0.15) is 5.56 Å². The van der Waals surface area contributed by atoms with Crippen LogP contribution in [0, 0.1) is 6.92 Å². The van der Waals surface area contributed by atoms with E-state index in [-0.39, 0.29) is 5.56 Å². The van der Waals surface area contributed by atoms with Crippen LogP contribution in [0.4, 0.5) is 0 Å². The third-order valence-electron chi connectivity index (χ3n) is 4.64. The lowest BCUT2D eigenvalue weighted by molar-refractivity contribution is 0.430. The number of allylic oxidation sites excluding steroid dienone is 1. The molecule has 1 aliphatic carbocycles. The molecule has 0 saturated heterocycles. The van der Waals surface area contributed by atoms with Crippen LogP contribution in [0.2, 0.25) is 0 Å². The van der Waals surface area contributed by atoms with Gasteiger partial charge in [0.15, 0.2) is 0 Å². The van der Waals surface area contributed by atoms with E-state index in [1.165, 1.54) is 24.6 Å². The number of para-hydroxylation sites is 1. The molecule has 1 heterocycles. The molecule has 3 rings (SSSR count). The molecule has 0 unspecified atom stereocenters. The van der Waals surface area contributed by atoms with Crippen LogP contribution < -0.4 is 11.2 Å². The van der Waals surface area contributed by atoms with Crippen LogP contribution in [0.5, 0.6) is 5.88 Å². The van der Waals surface area contributed by atoms with Gasteiger partial charge in [-0.2, -0.15) is 0 Å². The maximum atomic E-state index is 12.2. The lowest BCUT2D eigenvalue weighted by atomic mass is 9.97. The summed E-state index contributed by atoms with van der Waals surface area (Å²) < 4.78 is 1.10. The van der Waals surface area contributed by atoms with Crippen LogP contribution in [0.1, 0.15) is 43.2 Å². The van der Waals surface area contributed by atoms with Gasteiger partial charge in [0.05, 0.1) is 5.69 Å². The summed E-state index contributed by atoms with van der Waals surface area (Å²) in [6.07, 6.45) is 9.17. The van der Waals surface area contributed by atoms with Gasteiger partial charge in [-0.15, -0.1) is 0 Å². The van der Waals surface area contributed by atoms with Crippen molar-refractivity contribution >= 4 is 6.21 Å². The summed E-state index contributed by atoms with van der Waals surface area (Å²) in [4.78, 5) is 30.8. The zero-order chi connectivity index (χ0) is 18.5. The molecule has 0 atom stereocenters. The van der Waals surface area contributed by atoms with Gasteiger partial charge in [-0.1, -0.05) is 29.8 Å². The Morgan fingerprint density at radius 1 is 1.27 bits per heavy atom. The molecular formula is C20H23N3O3. The quantitative estimate of drug-likeness (QED) is 0.640. The first kappa shape index (κ1) is 17.9. The van der Waals surface area contributed by atoms with Gasteiger partial charge in [-0.3, -0.25) is 14.8 Å². The molecule has 2 aromatic rings. The Labute approximate surface area is 151 Å². The highest BCUT2D eigenvalue weighted by Crippen LogP contribution is 2.20. The minimum absolute atomic E-state index is 0.00882. The molecule has 26 heavy (non-hydrogen) atoms. The van der Waals surface area contributed by atoms with Crippen LogP contribution in [0.3, 0.4) is 0 Å². The number of aromatic nitrogens is 2. The summed E-state index contributed by atoms with van der Waals surface area (Å²) in [5.41, 5.74) is 1.41. The molecule has 2 N–H and O–H groups in total. The summed E-state index contributed by atoms with van der Waals surface area (Å²) >= 11 is 0. The van der Waals surface area contributed by atoms with Gasteiger partial charge in [0, 0.05) is 12.8 Å². The van der Waals surface area contributed by atoms with Crippen molar-refractivity contribution in [2.24, 2.45) is 4.99 Å². The van der Waals surface area contributed by atoms with Crippen molar-refractivity contribution in [1.82, 2.24) is 9.55 Å². The number of nitrogens with zero attached hydrogens (tertiary/aromatic N) is 2. The molecule has 0 radical (unpaired) electrons. The Balaban J connectivity index is 1.88. The van der Waals surface area contributed by atoms with Crippen LogP contribution >= 0.6 is 0 Å². The SMILES string of the molecule is Cc1ccccc1-n1c(O)c(C=NCCC2=CCCCC2)c(=O)[nH]c1=O. The highest BCUT2D eigenvalue weighted by molar-refractivity contribution is 5.82. The van der Waals surface area contributed by atoms with Crippen molar-refractivity contribution in [1.29, 1.82) is 0 Å². The first-order chi connectivity index (χ1) is 12.6. The Morgan fingerprint density at radius 2 is 2.08 bits per heavy atom. The van der Waals surface area contributed by atoms with Crippen molar-refractivity contribution in [2.75, 3.05) is 6.54 Å². The number of H-pyrrole nitrogens is 1. The van der Waals surface area contributed by atoms with Crippen molar-refractivity contribution in [3.05, 3.63) is 67.9 Å². The lowest BCUT2D eigenvalue weighted by Gasteiger charge is -2.12. The Hall–Kier alpha value is -2.89. The molecule has 6 nitrogen and oxygen atoms in total. The van der Waals surface area contributed by atoms with Crippen molar-refractivity contribution in [2.45, 2.75) is 39.0 Å². The van der Waals surface area contributed by atoms with E-state index < -0.39 is 17.1 Å². The van der Waals surface area contributed by atoms with Crippen molar-refractivity contribution in [3.63, 3.8) is 0 Å². The topological polar surface area (TPSA) is 87.4 Å². The Morgan fingerprint density at radius 3 is 2.81 bits per heavy atom. The summed E-state index contributed by atoms with van der Waals surface area (Å²) in [5, 5.41) is 10.5. The van der Waals surface area contributed by atoms with Crippen LogP contribution in [0.25, 0.3) is 5.69 Å². The van der Waals surface area contributed by atoms with E-state index in [0.29, 0.717) is 12.2 Å². The first-order valence-corrected chi connectivity index (χ1v) is 8.90. The third-order valence-corrected chi connectivity index (χ3v) is 4.64. The van der Waals surface area contributed by atoms with Gasteiger partial charge in [0.2, 0.25) is 5.88 Å². The highest BCUT2D eigenvalue weighted by Gasteiger charge is 2.15. The average molecular weight is 353 g/mol. The minimum Gasteiger partial charge on any atom is -0.493 e. The monoisotopic (exact) mass is 353 g/mol. The van der Waals surface area contributed by atoms with Crippen molar-refractivity contribution in [3.8, 4) is 11.6 Å². The Kier molecular flexibility index (Phi) is 5.51. The van der Waals surface area contributed by atoms with Crippen LogP contribution in [-0.4, -0.2) is 27.4 Å². The summed E-state index contributed by atoms with van der Waals surface area (Å²) in [5.74, 6) is -0.395. The number of nitrogens with one attached hydrogen (secondary N) is 1. The van der Waals surface area contributed by atoms with E-state index in [0.717, 1.165) is 29.4 Å². The number of hydrogen-bond acceptors (Lipinski definition) is 4. The van der Waals surface area contributed by atoms with E-state index in [1.54, 1.807) is 12.1 Å². The molecule has 0 spiro atoms. The lowest BCUT2D eigenvalue weighted by Crippen LogP contribution is -2.31. The maximum absolute atomic E-state index is 12.2. The number of aromatic amines is 1. The molecule has 0 amide bonds. The summed E-state index contributed by atoms with van der Waals surface area (Å²) in [6, 6.07) is 7.16. The second kappa shape index (κ2) is 7.99. The number of rotatable bonds is 5. The van der Waals surface area contributed by atoms with Crippen molar-refractivity contribution < 1.29 is 5.11 Å². The van der Waals surface area contributed by atoms with E-state index in [2.05, 4.69) is 16.1 Å². The van der Waals surface area contributed by atoms with Gasteiger partial charge in [-0.05, 0) is 50.7 Å². The van der Waals surface area contributed by atoms with E-state index in [1.807, 2.05) is 19.1 Å². The molecule has 1 aromatic carbocycles. The standard InChI is InChI=1S/C20H23N3O3/c1-14-7-5-6-10-17(14)23-19(25)16(18(24)22-20(23)26)13-21-12-11-15-8-3-2-4-9-15/h5-8,10,13,25H,2-4,9,11-12H2,1H3,(H,22,24,26). The molecular weight excluding hydrogens is 330 g/mol. The first-order valence-electron chi connectivity index (χ1n) is 8.90. The zero-order valence-electron chi connectivity index (χ0n) is 14.9. The number of hydrogen-bond donors (Lipinski definition) is 2. The van der Waals surface area contributed by atoms with E-state index in [4.69, 9.17) is 0 Å². The normalized spacial score (nSPS) is 14.6. The molecule has 6 heteroatoms. The molecule has 0 fully saturated rings. The molecule has 136 valence electrons. The maximum Gasteiger partial charge on any atom is 0.335 e. The predicted octanol–water partition coefficient (Wildman–Crippen LogP) is 2.85. The Bertz CT molecular complexity index is 967. The number of aliphatic imine (C=N–C) groups is 1. The second-order valence-corrected chi connectivity index (χ2v) is 6.51. The minimum atomic E-state index is -0.675. The molecule has 0 bridgehead atoms. The van der Waals surface area contributed by atoms with Gasteiger partial charge >= 0.3 is 5.69 Å². The average Bonchev–Trinajstić information content (AvgIpc) is 2.63. The molecule has 0 aliphatic heterocycles. The number of benzene rings is 1. The van der Waals surface area contributed by atoms with Crippen LogP contribution in [0.15, 0.2) is 50.5 Å². The fourth-order valence-electron chi connectivity index (χ4n) is 3.19. The largest absolute Gasteiger partial charge is 0.493 e. The summed E-state index contributed by atoms with van der Waals surface area (Å²) in [7, 11) is 0. The fourth-order valence-corrected chi connectivity index (χ4v) is 3.19. The number of aryl methyl sites for hydroxylation is 1. The smallest absolute Gasteiger partial charge is 0.335 e. The molecule has 1 aliphatic rings. The van der Waals surface area contributed by atoms with Gasteiger partial charge in [-0.25, -0.2) is 9.36 Å². The third kappa shape index (κ3) is 3.85. The molecule has 0 saturated carbocycles. The van der Waals surface area contributed by atoms with E-state index in [9.17, 15) is 14.7 Å². The predicted molar refractivity (Wildman–Crippen MR) is 103 cm³/mol. The molecule has 1 aromatic heterocycles. The number of aromatic hydroxyl groups is 1. The second-order valence-electron chi connectivity index (χ2n) is 6.51. The highest BCUT2D eigenvalue weighted by atomic mass is 16.3. The van der Waals surface area contributed by atoms with E-state index >= 15 is 0 Å². The van der Waals surface area contributed by atoms with Gasteiger partial charge in [0.25, 0.3) is 5.56 Å². The van der Waals surface area contributed by atoms with Gasteiger partial charge < -0.3 is 5.11 Å².